The lowest BCUT2D eigenvalue weighted by Crippen LogP contribution is -2.40. The number of ether oxygens (including phenoxy) is 2. The van der Waals surface area contributed by atoms with Crippen LogP contribution in [-0.2, 0) is 36.1 Å². The van der Waals surface area contributed by atoms with Gasteiger partial charge >= 0.3 is 11.4 Å². The molecule has 0 saturated carbocycles. The average Bonchev–Trinajstić information content (AvgIpc) is 3.38. The second kappa shape index (κ2) is 12.1. The second-order valence-electron chi connectivity index (χ2n) is 12.7. The number of allylic oxidation sites excluding steroid dienone is 6. The Morgan fingerprint density at radius 2 is 1.69 bits per heavy atom. The number of benzene rings is 3. The molecule has 2 aliphatic carbocycles. The van der Waals surface area contributed by atoms with E-state index >= 15 is 0 Å². The first-order valence-electron chi connectivity index (χ1n) is 16.2. The average molecular weight is 800 g/mol. The van der Waals surface area contributed by atoms with E-state index in [1.807, 2.05) is 40.8 Å². The van der Waals surface area contributed by atoms with Gasteiger partial charge in [0.1, 0.15) is 11.4 Å². The summed E-state index contributed by atoms with van der Waals surface area (Å²) < 4.78 is 16.3. The predicted octanol–water partition coefficient (Wildman–Crippen LogP) is 3.61. The SMILES string of the molecule is COc1cc2nc(CCn3c(=O)n4n(c3=O)C3CC5=C(C(=O)C(I)=CC5=O)C(c5ccc(O)c6ccccc56)C3=CC4)c(=O)n(C)c2cc1OC. The molecule has 2 unspecified atom stereocenters. The van der Waals surface area contributed by atoms with E-state index in [-0.39, 0.29) is 54.5 Å². The maximum absolute atomic E-state index is 14.2. The van der Waals surface area contributed by atoms with Gasteiger partial charge in [-0.1, -0.05) is 36.4 Å². The van der Waals surface area contributed by atoms with E-state index in [4.69, 9.17) is 9.47 Å². The standard InChI is InChI=1S/C37H30IN5O8/c1-40-27-17-31(51-3)30(50-2)16-25(27)39-24(35(40)47)11-12-41-36(48)42-13-10-21-26(43(42)37(41)49)14-22-29(45)15-23(38)34(46)33(22)32(21)20-8-9-28(44)19-7-5-4-6-18(19)20/h4-10,15-17,26,32,44H,11-14H2,1-3H3. The highest BCUT2D eigenvalue weighted by Crippen LogP contribution is 2.51. The molecule has 0 fully saturated rings. The number of aryl methyl sites for hydroxylation is 2. The van der Waals surface area contributed by atoms with Crippen LogP contribution in [-0.4, -0.2) is 54.4 Å². The Labute approximate surface area is 302 Å². The number of fused-ring (bicyclic) bond motifs is 5. The minimum Gasteiger partial charge on any atom is -0.507 e. The van der Waals surface area contributed by atoms with Gasteiger partial charge in [-0.3, -0.25) is 14.4 Å². The lowest BCUT2D eigenvalue weighted by Gasteiger charge is -2.39. The van der Waals surface area contributed by atoms with Gasteiger partial charge in [-0.05, 0) is 45.2 Å². The molecule has 0 amide bonds. The fourth-order valence-electron chi connectivity index (χ4n) is 7.71. The zero-order valence-electron chi connectivity index (χ0n) is 27.7. The fourth-order valence-corrected chi connectivity index (χ4v) is 8.28. The van der Waals surface area contributed by atoms with Crippen LogP contribution in [0.25, 0.3) is 21.8 Å². The highest BCUT2D eigenvalue weighted by atomic mass is 127. The summed E-state index contributed by atoms with van der Waals surface area (Å²) in [4.78, 5) is 73.3. The second-order valence-corrected chi connectivity index (χ2v) is 13.8. The zero-order chi connectivity index (χ0) is 35.9. The molecule has 0 radical (unpaired) electrons. The molecule has 3 aromatic carbocycles. The maximum atomic E-state index is 14.2. The summed E-state index contributed by atoms with van der Waals surface area (Å²) in [7, 11) is 4.61. The number of Topliss-reactive ketones (excluding diaryl/α,β-unsaturated/α-hetero) is 1. The van der Waals surface area contributed by atoms with E-state index < -0.39 is 23.3 Å². The van der Waals surface area contributed by atoms with Crippen molar-refractivity contribution >= 4 is 56.0 Å². The van der Waals surface area contributed by atoms with Gasteiger partial charge in [-0.15, -0.1) is 0 Å². The van der Waals surface area contributed by atoms with Gasteiger partial charge in [-0.2, -0.15) is 0 Å². The topological polar surface area (TPSA) is 157 Å². The molecule has 0 spiro atoms. The highest BCUT2D eigenvalue weighted by molar-refractivity contribution is 14.1. The van der Waals surface area contributed by atoms with Gasteiger partial charge in [-0.25, -0.2) is 28.5 Å². The molecule has 13 nitrogen and oxygen atoms in total. The molecule has 258 valence electrons. The zero-order valence-corrected chi connectivity index (χ0v) is 29.8. The summed E-state index contributed by atoms with van der Waals surface area (Å²) in [5, 5.41) is 12.0. The summed E-state index contributed by atoms with van der Waals surface area (Å²) in [5.41, 5.74) is 1.68. The van der Waals surface area contributed by atoms with Gasteiger partial charge in [0.15, 0.2) is 23.1 Å². The molecule has 5 aromatic rings. The van der Waals surface area contributed by atoms with Crippen LogP contribution in [0.15, 0.2) is 95.4 Å². The lowest BCUT2D eigenvalue weighted by molar-refractivity contribution is -0.115. The van der Waals surface area contributed by atoms with Crippen molar-refractivity contribution in [2.45, 2.75) is 37.9 Å². The Morgan fingerprint density at radius 1 is 0.961 bits per heavy atom. The van der Waals surface area contributed by atoms with Crippen LogP contribution in [0.1, 0.15) is 29.6 Å². The van der Waals surface area contributed by atoms with Gasteiger partial charge in [0.2, 0.25) is 0 Å². The van der Waals surface area contributed by atoms with Crippen molar-refractivity contribution in [1.29, 1.82) is 0 Å². The van der Waals surface area contributed by atoms with E-state index in [9.17, 15) is 29.1 Å². The van der Waals surface area contributed by atoms with Gasteiger partial charge in [0.05, 0.1) is 41.4 Å². The summed E-state index contributed by atoms with van der Waals surface area (Å²) in [6, 6.07) is 13.2. The largest absolute Gasteiger partial charge is 0.507 e. The van der Waals surface area contributed by atoms with E-state index in [1.54, 1.807) is 43.4 Å². The van der Waals surface area contributed by atoms with E-state index in [2.05, 4.69) is 4.98 Å². The summed E-state index contributed by atoms with van der Waals surface area (Å²) in [6.45, 7) is -0.0686. The molecular weight excluding hydrogens is 769 g/mol. The number of rotatable bonds is 6. The monoisotopic (exact) mass is 799 g/mol. The molecule has 14 heteroatoms. The number of carbonyl (C=O) groups is 2. The molecule has 2 atom stereocenters. The van der Waals surface area contributed by atoms with Crippen LogP contribution >= 0.6 is 22.6 Å². The molecule has 51 heavy (non-hydrogen) atoms. The Kier molecular flexibility index (Phi) is 7.74. The molecular formula is C37H30IN5O8. The Bertz CT molecular complexity index is 2670. The Morgan fingerprint density at radius 3 is 2.43 bits per heavy atom. The number of nitrogens with zero attached hydrogens (tertiary/aromatic N) is 5. The van der Waals surface area contributed by atoms with E-state index in [1.165, 1.54) is 34.2 Å². The number of aromatic hydroxyl groups is 1. The highest BCUT2D eigenvalue weighted by Gasteiger charge is 2.45. The number of hydrogen-bond acceptors (Lipinski definition) is 9. The van der Waals surface area contributed by atoms with Gasteiger partial charge < -0.3 is 19.1 Å². The predicted molar refractivity (Wildman–Crippen MR) is 196 cm³/mol. The Hall–Kier alpha value is -5.51. The number of hydrogen-bond donors (Lipinski definition) is 1. The van der Waals surface area contributed by atoms with Crippen molar-refractivity contribution < 1.29 is 24.2 Å². The number of halogens is 1. The molecule has 8 rings (SSSR count). The first kappa shape index (κ1) is 32.7. The number of methoxy groups -OCH3 is 2. The third kappa shape index (κ3) is 4.87. The van der Waals surface area contributed by atoms with E-state index in [0.717, 1.165) is 4.57 Å². The molecule has 2 aromatic heterocycles. The smallest absolute Gasteiger partial charge is 0.347 e. The minimum absolute atomic E-state index is 0.00524. The van der Waals surface area contributed by atoms with Crippen molar-refractivity contribution in [3.05, 3.63) is 124 Å². The van der Waals surface area contributed by atoms with Crippen molar-refractivity contribution in [1.82, 2.24) is 23.5 Å². The normalized spacial score (nSPS) is 18.4. The fraction of sp³-hybridized carbons (Fsp3) is 0.243. The van der Waals surface area contributed by atoms with Crippen molar-refractivity contribution in [3.63, 3.8) is 0 Å². The minimum atomic E-state index is -0.744. The summed E-state index contributed by atoms with van der Waals surface area (Å²) >= 11 is 1.88. The number of ketones is 2. The summed E-state index contributed by atoms with van der Waals surface area (Å²) in [5.74, 6) is -0.337. The van der Waals surface area contributed by atoms with Crippen LogP contribution < -0.4 is 26.4 Å². The molecule has 0 bridgehead atoms. The van der Waals surface area contributed by atoms with Crippen molar-refractivity contribution in [2.24, 2.45) is 7.05 Å². The van der Waals surface area contributed by atoms with Gasteiger partial charge in [0.25, 0.3) is 5.56 Å². The maximum Gasteiger partial charge on any atom is 0.347 e. The number of phenols is 1. The first-order chi connectivity index (χ1) is 24.5. The molecule has 1 N–H and O–H groups in total. The first-order valence-corrected chi connectivity index (χ1v) is 17.3. The van der Waals surface area contributed by atoms with Gasteiger partial charge in [0, 0.05) is 67.1 Å². The van der Waals surface area contributed by atoms with Crippen LogP contribution in [0, 0.1) is 0 Å². The molecule has 3 heterocycles. The lowest BCUT2D eigenvalue weighted by atomic mass is 9.68. The number of carbonyl (C=O) groups excluding carboxylic acids is 2. The van der Waals surface area contributed by atoms with Crippen LogP contribution in [0.5, 0.6) is 17.2 Å². The molecule has 1 aliphatic heterocycles. The molecule has 3 aliphatic rings. The number of phenolic OH excluding ortho intramolecular Hbond substituents is 1. The quantitative estimate of drug-likeness (QED) is 0.154. The van der Waals surface area contributed by atoms with Crippen LogP contribution in [0.3, 0.4) is 0 Å². The Balaban J connectivity index is 1.22. The third-order valence-electron chi connectivity index (χ3n) is 10.1. The van der Waals surface area contributed by atoms with Crippen molar-refractivity contribution in [2.75, 3.05) is 14.2 Å². The van der Waals surface area contributed by atoms with Crippen molar-refractivity contribution in [3.8, 4) is 17.2 Å². The van der Waals surface area contributed by atoms with Crippen LogP contribution in [0.4, 0.5) is 0 Å². The van der Waals surface area contributed by atoms with E-state index in [0.29, 0.717) is 59.2 Å². The van der Waals surface area contributed by atoms with Crippen LogP contribution in [0.2, 0.25) is 0 Å². The summed E-state index contributed by atoms with van der Waals surface area (Å²) in [6.07, 6.45) is 3.21. The molecule has 0 saturated heterocycles. The third-order valence-corrected chi connectivity index (χ3v) is 10.9. The number of aromatic nitrogens is 5.